The van der Waals surface area contributed by atoms with Gasteiger partial charge in [-0.15, -0.1) is 0 Å². The van der Waals surface area contributed by atoms with Crippen LogP contribution in [0.15, 0.2) is 24.3 Å². The monoisotopic (exact) mass is 136 g/mol. The Labute approximate surface area is 63.6 Å². The van der Waals surface area contributed by atoms with Crippen molar-refractivity contribution in [2.24, 2.45) is 5.41 Å². The van der Waals surface area contributed by atoms with Crippen LogP contribution in [0.25, 0.3) is 0 Å². The van der Waals surface area contributed by atoms with Crippen molar-refractivity contribution in [3.8, 4) is 0 Å². The highest BCUT2D eigenvalue weighted by Gasteiger charge is 2.20. The Balaban J connectivity index is 2.65. The van der Waals surface area contributed by atoms with E-state index in [0.29, 0.717) is 5.41 Å². The Morgan fingerprint density at radius 3 is 2.70 bits per heavy atom. The molecule has 0 saturated carbocycles. The first-order chi connectivity index (χ1) is 4.64. The van der Waals surface area contributed by atoms with Gasteiger partial charge in [0, 0.05) is 0 Å². The van der Waals surface area contributed by atoms with E-state index in [4.69, 9.17) is 0 Å². The zero-order valence-electron chi connectivity index (χ0n) is 6.98. The van der Waals surface area contributed by atoms with E-state index in [1.54, 1.807) is 0 Å². The molecule has 0 aromatic carbocycles. The number of hydrogen-bond donors (Lipinski definition) is 0. The maximum Gasteiger partial charge on any atom is -0.0231 e. The fraction of sp³-hybridized carbons (Fsp3) is 0.600. The second-order valence-electron chi connectivity index (χ2n) is 3.86. The van der Waals surface area contributed by atoms with Crippen molar-refractivity contribution in [3.63, 3.8) is 0 Å². The van der Waals surface area contributed by atoms with Gasteiger partial charge >= 0.3 is 0 Å². The van der Waals surface area contributed by atoms with Crippen LogP contribution in [-0.4, -0.2) is 0 Å². The van der Waals surface area contributed by atoms with Crippen molar-refractivity contribution in [1.29, 1.82) is 0 Å². The molecule has 0 N–H and O–H groups in total. The maximum absolute atomic E-state index is 3.78. The van der Waals surface area contributed by atoms with Crippen molar-refractivity contribution in [3.05, 3.63) is 24.3 Å². The van der Waals surface area contributed by atoms with E-state index in [0.717, 1.165) is 0 Å². The molecule has 0 heterocycles. The summed E-state index contributed by atoms with van der Waals surface area (Å²) in [5.74, 6) is 0. The lowest BCUT2D eigenvalue weighted by atomic mass is 9.77. The molecule has 0 unspecified atom stereocenters. The largest absolute Gasteiger partial charge is 0.0988 e. The Hall–Kier alpha value is -0.520. The zero-order chi connectivity index (χ0) is 7.61. The summed E-state index contributed by atoms with van der Waals surface area (Å²) in [4.78, 5) is 0. The average Bonchev–Trinajstić information content (AvgIpc) is 1.86. The van der Waals surface area contributed by atoms with E-state index in [-0.39, 0.29) is 0 Å². The van der Waals surface area contributed by atoms with Crippen molar-refractivity contribution in [2.45, 2.75) is 33.1 Å². The van der Waals surface area contributed by atoms with Crippen molar-refractivity contribution < 1.29 is 0 Å². The van der Waals surface area contributed by atoms with Gasteiger partial charge in [0.1, 0.15) is 0 Å². The van der Waals surface area contributed by atoms with E-state index in [9.17, 15) is 0 Å². The smallest absolute Gasteiger partial charge is 0.0231 e. The highest BCUT2D eigenvalue weighted by atomic mass is 14.3. The van der Waals surface area contributed by atoms with Gasteiger partial charge < -0.3 is 0 Å². The molecule has 0 aromatic heterocycles. The first-order valence-corrected chi connectivity index (χ1v) is 3.95. The molecule has 0 aromatic rings. The van der Waals surface area contributed by atoms with Gasteiger partial charge in [0.05, 0.1) is 0 Å². The van der Waals surface area contributed by atoms with Gasteiger partial charge in [-0.1, -0.05) is 38.2 Å². The van der Waals surface area contributed by atoms with Gasteiger partial charge in [-0.3, -0.25) is 0 Å². The molecule has 1 aliphatic rings. The van der Waals surface area contributed by atoms with E-state index >= 15 is 0 Å². The summed E-state index contributed by atoms with van der Waals surface area (Å²) in [6, 6.07) is 0. The molecular formula is C10H16. The molecule has 0 heteroatoms. The lowest BCUT2D eigenvalue weighted by Crippen LogP contribution is -2.14. The Kier molecular flexibility index (Phi) is 1.98. The third-order valence-corrected chi connectivity index (χ3v) is 2.17. The van der Waals surface area contributed by atoms with Crippen LogP contribution in [-0.2, 0) is 0 Å². The summed E-state index contributed by atoms with van der Waals surface area (Å²) >= 11 is 0. The third-order valence-electron chi connectivity index (χ3n) is 2.17. The van der Waals surface area contributed by atoms with Crippen LogP contribution in [0, 0.1) is 5.41 Å². The number of allylic oxidation sites excluding steroid dienone is 3. The Morgan fingerprint density at radius 1 is 1.60 bits per heavy atom. The third kappa shape index (κ3) is 1.73. The maximum atomic E-state index is 3.78. The summed E-state index contributed by atoms with van der Waals surface area (Å²) < 4.78 is 0. The molecule has 0 amide bonds. The van der Waals surface area contributed by atoms with Crippen LogP contribution in [0.4, 0.5) is 0 Å². The van der Waals surface area contributed by atoms with E-state index in [2.05, 4.69) is 26.5 Å². The predicted molar refractivity (Wildman–Crippen MR) is 45.9 cm³/mol. The Morgan fingerprint density at radius 2 is 2.30 bits per heavy atom. The minimum atomic E-state index is 0.512. The predicted octanol–water partition coefficient (Wildman–Crippen LogP) is 3.31. The van der Waals surface area contributed by atoms with Gasteiger partial charge in [0.2, 0.25) is 0 Å². The molecular weight excluding hydrogens is 120 g/mol. The van der Waals surface area contributed by atoms with Crippen LogP contribution in [0.3, 0.4) is 0 Å². The van der Waals surface area contributed by atoms with Crippen LogP contribution in [0.2, 0.25) is 0 Å². The van der Waals surface area contributed by atoms with Crippen LogP contribution in [0.5, 0.6) is 0 Å². The Bertz CT molecular complexity index is 161. The summed E-state index contributed by atoms with van der Waals surface area (Å²) in [5, 5.41) is 0. The number of rotatable bonds is 1. The van der Waals surface area contributed by atoms with Gasteiger partial charge in [-0.05, 0) is 24.7 Å². The summed E-state index contributed by atoms with van der Waals surface area (Å²) in [7, 11) is 0. The van der Waals surface area contributed by atoms with Crippen LogP contribution < -0.4 is 0 Å². The molecule has 0 spiro atoms. The van der Waals surface area contributed by atoms with Crippen LogP contribution >= 0.6 is 0 Å². The summed E-state index contributed by atoms with van der Waals surface area (Å²) in [5.41, 5.74) is 1.94. The summed E-state index contributed by atoms with van der Waals surface area (Å²) in [6.45, 7) is 8.43. The first-order valence-electron chi connectivity index (χ1n) is 3.95. The molecule has 1 aliphatic carbocycles. The minimum Gasteiger partial charge on any atom is -0.0988 e. The SMILES string of the molecule is C=CC1=CCCC(C)(C)C1. The topological polar surface area (TPSA) is 0 Å². The molecule has 0 radical (unpaired) electrons. The van der Waals surface area contributed by atoms with Crippen molar-refractivity contribution in [1.82, 2.24) is 0 Å². The second kappa shape index (κ2) is 2.61. The van der Waals surface area contributed by atoms with E-state index in [1.165, 1.54) is 24.8 Å². The molecule has 1 rings (SSSR count). The lowest BCUT2D eigenvalue weighted by Gasteiger charge is -2.28. The molecule has 10 heavy (non-hydrogen) atoms. The average molecular weight is 136 g/mol. The molecule has 0 bridgehead atoms. The highest BCUT2D eigenvalue weighted by Crippen LogP contribution is 2.35. The molecule has 0 fully saturated rings. The van der Waals surface area contributed by atoms with Gasteiger partial charge in [-0.2, -0.15) is 0 Å². The van der Waals surface area contributed by atoms with Crippen LogP contribution in [0.1, 0.15) is 33.1 Å². The van der Waals surface area contributed by atoms with Crippen molar-refractivity contribution in [2.75, 3.05) is 0 Å². The van der Waals surface area contributed by atoms with Gasteiger partial charge in [0.25, 0.3) is 0 Å². The standard InChI is InChI=1S/C10H16/c1-4-9-6-5-7-10(2,3)8-9/h4,6H,1,5,7-8H2,2-3H3. The summed E-state index contributed by atoms with van der Waals surface area (Å²) in [6.07, 6.45) is 8.05. The quantitative estimate of drug-likeness (QED) is 0.518. The normalized spacial score (nSPS) is 23.6. The zero-order valence-corrected chi connectivity index (χ0v) is 6.98. The minimum absolute atomic E-state index is 0.512. The first kappa shape index (κ1) is 7.59. The molecule has 0 saturated heterocycles. The van der Waals surface area contributed by atoms with E-state index in [1.807, 2.05) is 6.08 Å². The lowest BCUT2D eigenvalue weighted by molar-refractivity contribution is 0.324. The van der Waals surface area contributed by atoms with Gasteiger partial charge in [-0.25, -0.2) is 0 Å². The fourth-order valence-electron chi connectivity index (χ4n) is 1.52. The highest BCUT2D eigenvalue weighted by molar-refractivity contribution is 5.20. The molecule has 0 nitrogen and oxygen atoms in total. The van der Waals surface area contributed by atoms with Gasteiger partial charge in [0.15, 0.2) is 0 Å². The second-order valence-corrected chi connectivity index (χ2v) is 3.86. The number of hydrogen-bond acceptors (Lipinski definition) is 0. The van der Waals surface area contributed by atoms with E-state index < -0.39 is 0 Å². The molecule has 0 atom stereocenters. The molecule has 0 aliphatic heterocycles. The van der Waals surface area contributed by atoms with Crippen molar-refractivity contribution >= 4 is 0 Å². The molecule has 56 valence electrons. The fourth-order valence-corrected chi connectivity index (χ4v) is 1.52.